The molecule has 0 unspecified atom stereocenters. The minimum absolute atomic E-state index is 0.114. The molecule has 0 spiro atoms. The molecule has 0 radical (unpaired) electrons. The van der Waals surface area contributed by atoms with Crippen molar-refractivity contribution in [3.05, 3.63) is 15.8 Å². The van der Waals surface area contributed by atoms with Crippen LogP contribution in [0.3, 0.4) is 0 Å². The van der Waals surface area contributed by atoms with Gasteiger partial charge in [-0.15, -0.1) is 11.3 Å². The molecule has 1 N–H and O–H groups in total. The number of nitrogens with one attached hydrogen (secondary N) is 1. The highest BCUT2D eigenvalue weighted by atomic mass is 32.1. The van der Waals surface area contributed by atoms with Gasteiger partial charge in [-0.25, -0.2) is 10.2 Å². The van der Waals surface area contributed by atoms with E-state index < -0.39 is 12.0 Å². The van der Waals surface area contributed by atoms with Gasteiger partial charge in [0.05, 0.1) is 19.3 Å². The molecule has 0 aliphatic heterocycles. The molecule has 1 atom stereocenters. The summed E-state index contributed by atoms with van der Waals surface area (Å²) in [7, 11) is 4.94. The highest BCUT2D eigenvalue weighted by Gasteiger charge is 2.30. The molecule has 0 aliphatic rings. The second kappa shape index (κ2) is 7.53. The molecule has 1 rings (SSSR count). The summed E-state index contributed by atoms with van der Waals surface area (Å²) >= 11 is 1.56. The fourth-order valence-corrected chi connectivity index (χ4v) is 2.88. The first-order valence-corrected chi connectivity index (χ1v) is 7.53. The zero-order valence-electron chi connectivity index (χ0n) is 13.4. The summed E-state index contributed by atoms with van der Waals surface area (Å²) in [6, 6.07) is -0.668. The number of esters is 1. The lowest BCUT2D eigenvalue weighted by atomic mass is 10.2. The Labute approximate surface area is 129 Å². The van der Waals surface area contributed by atoms with Gasteiger partial charge in [-0.1, -0.05) is 0 Å². The minimum atomic E-state index is -0.668. The summed E-state index contributed by atoms with van der Waals surface area (Å²) in [5.41, 5.74) is 4.70. The Bertz CT molecular complexity index is 494. The van der Waals surface area contributed by atoms with Gasteiger partial charge in [0.15, 0.2) is 0 Å². The van der Waals surface area contributed by atoms with E-state index in [2.05, 4.69) is 5.43 Å². The van der Waals surface area contributed by atoms with E-state index >= 15 is 0 Å². The van der Waals surface area contributed by atoms with Gasteiger partial charge in [-0.05, 0) is 31.7 Å². The van der Waals surface area contributed by atoms with Crippen LogP contribution in [0.1, 0.15) is 17.4 Å². The first-order valence-electron chi connectivity index (χ1n) is 6.65. The molecule has 1 aromatic heterocycles. The van der Waals surface area contributed by atoms with Crippen LogP contribution in [-0.2, 0) is 14.3 Å². The van der Waals surface area contributed by atoms with E-state index in [1.54, 1.807) is 23.3 Å². The Morgan fingerprint density at radius 3 is 2.43 bits per heavy atom. The van der Waals surface area contributed by atoms with Gasteiger partial charge in [0.2, 0.25) is 5.91 Å². The molecule has 0 fully saturated rings. The van der Waals surface area contributed by atoms with Crippen LogP contribution >= 0.6 is 11.3 Å². The third-order valence-electron chi connectivity index (χ3n) is 3.11. The number of carbonyl (C=O) groups excluding carboxylic acids is 2. The molecule has 1 amide bonds. The third kappa shape index (κ3) is 4.26. The number of hydrazine groups is 1. The van der Waals surface area contributed by atoms with E-state index in [0.29, 0.717) is 0 Å². The molecule has 1 aromatic rings. The molecule has 0 aromatic carbocycles. The summed E-state index contributed by atoms with van der Waals surface area (Å²) < 4.78 is 4.79. The standard InChI is InChI=1S/C14H23N3O3S/c1-9-8-21-11(3)13(9)17(10(2)14(19)20-6)12(18)7-15-16(4)5/h8,10,15H,7H2,1-6H3/t10-/m0/s1. The molecule has 0 saturated carbocycles. The topological polar surface area (TPSA) is 61.9 Å². The van der Waals surface area contributed by atoms with Crippen molar-refractivity contribution < 1.29 is 14.3 Å². The van der Waals surface area contributed by atoms with Crippen molar-refractivity contribution in [2.45, 2.75) is 26.8 Å². The van der Waals surface area contributed by atoms with Crippen LogP contribution in [0, 0.1) is 13.8 Å². The second-order valence-electron chi connectivity index (χ2n) is 5.02. The molecular weight excluding hydrogens is 290 g/mol. The SMILES string of the molecule is COC(=O)[C@H](C)N(C(=O)CNN(C)C)c1c(C)csc1C. The number of rotatable bonds is 6. The highest BCUT2D eigenvalue weighted by molar-refractivity contribution is 7.10. The van der Waals surface area contributed by atoms with Crippen LogP contribution in [-0.4, -0.2) is 50.7 Å². The predicted octanol–water partition coefficient (Wildman–Crippen LogP) is 1.33. The second-order valence-corrected chi connectivity index (χ2v) is 6.10. The maximum absolute atomic E-state index is 12.5. The number of anilines is 1. The number of methoxy groups -OCH3 is 1. The van der Waals surface area contributed by atoms with Crippen LogP contribution in [0.15, 0.2) is 5.38 Å². The third-order valence-corrected chi connectivity index (χ3v) is 4.12. The summed E-state index contributed by atoms with van der Waals surface area (Å²) in [6.45, 7) is 5.66. The van der Waals surface area contributed by atoms with Crippen molar-refractivity contribution in [2.75, 3.05) is 32.6 Å². The first kappa shape index (κ1) is 17.6. The van der Waals surface area contributed by atoms with Gasteiger partial charge >= 0.3 is 5.97 Å². The number of aryl methyl sites for hydroxylation is 2. The fourth-order valence-electron chi connectivity index (χ4n) is 2.05. The average Bonchev–Trinajstić information content (AvgIpc) is 2.76. The number of carbonyl (C=O) groups is 2. The molecule has 0 aliphatic carbocycles. The Morgan fingerprint density at radius 1 is 1.38 bits per heavy atom. The highest BCUT2D eigenvalue weighted by Crippen LogP contribution is 2.32. The van der Waals surface area contributed by atoms with Gasteiger partial charge < -0.3 is 4.74 Å². The van der Waals surface area contributed by atoms with Crippen LogP contribution in [0.2, 0.25) is 0 Å². The largest absolute Gasteiger partial charge is 0.467 e. The molecule has 118 valence electrons. The summed E-state index contributed by atoms with van der Waals surface area (Å²) in [4.78, 5) is 26.9. The maximum atomic E-state index is 12.5. The van der Waals surface area contributed by atoms with Crippen molar-refractivity contribution in [3.63, 3.8) is 0 Å². The average molecular weight is 313 g/mol. The summed E-state index contributed by atoms with van der Waals surface area (Å²) in [5, 5.41) is 3.68. The number of nitrogens with zero attached hydrogens (tertiary/aromatic N) is 2. The van der Waals surface area contributed by atoms with E-state index in [-0.39, 0.29) is 12.5 Å². The normalized spacial score (nSPS) is 12.3. The van der Waals surface area contributed by atoms with Gasteiger partial charge in [-0.3, -0.25) is 14.7 Å². The quantitative estimate of drug-likeness (QED) is 0.634. The number of amides is 1. The lowest BCUT2D eigenvalue weighted by Crippen LogP contribution is -2.49. The number of thiophene rings is 1. The van der Waals surface area contributed by atoms with E-state index in [1.807, 2.05) is 33.3 Å². The smallest absolute Gasteiger partial charge is 0.328 e. The monoisotopic (exact) mass is 313 g/mol. The Hall–Kier alpha value is -1.44. The minimum Gasteiger partial charge on any atom is -0.467 e. The Kier molecular flexibility index (Phi) is 6.32. The lowest BCUT2D eigenvalue weighted by molar-refractivity contribution is -0.143. The van der Waals surface area contributed by atoms with Crippen molar-refractivity contribution in [3.8, 4) is 0 Å². The molecule has 6 nitrogen and oxygen atoms in total. The molecule has 1 heterocycles. The zero-order chi connectivity index (χ0) is 16.2. The predicted molar refractivity (Wildman–Crippen MR) is 84.4 cm³/mol. The van der Waals surface area contributed by atoms with Crippen LogP contribution in [0.4, 0.5) is 5.69 Å². The lowest BCUT2D eigenvalue weighted by Gasteiger charge is -2.29. The first-order chi connectivity index (χ1) is 9.79. The number of ether oxygens (including phenoxy) is 1. The molecular formula is C14H23N3O3S. The zero-order valence-corrected chi connectivity index (χ0v) is 14.2. The number of hydrogen-bond acceptors (Lipinski definition) is 6. The number of hydrogen-bond donors (Lipinski definition) is 1. The van der Waals surface area contributed by atoms with Crippen LogP contribution < -0.4 is 10.3 Å². The Morgan fingerprint density at radius 2 is 2.00 bits per heavy atom. The fraction of sp³-hybridized carbons (Fsp3) is 0.571. The van der Waals surface area contributed by atoms with Crippen molar-refractivity contribution in [2.24, 2.45) is 0 Å². The van der Waals surface area contributed by atoms with Gasteiger partial charge in [0.25, 0.3) is 0 Å². The van der Waals surface area contributed by atoms with Crippen molar-refractivity contribution in [1.29, 1.82) is 0 Å². The van der Waals surface area contributed by atoms with E-state index in [9.17, 15) is 9.59 Å². The maximum Gasteiger partial charge on any atom is 0.328 e. The van der Waals surface area contributed by atoms with E-state index in [0.717, 1.165) is 16.1 Å². The van der Waals surface area contributed by atoms with E-state index in [1.165, 1.54) is 12.0 Å². The van der Waals surface area contributed by atoms with Gasteiger partial charge in [0, 0.05) is 19.0 Å². The Balaban J connectivity index is 3.12. The van der Waals surface area contributed by atoms with E-state index in [4.69, 9.17) is 4.74 Å². The summed E-state index contributed by atoms with van der Waals surface area (Å²) in [5.74, 6) is -0.607. The molecule has 7 heteroatoms. The summed E-state index contributed by atoms with van der Waals surface area (Å²) in [6.07, 6.45) is 0. The molecule has 21 heavy (non-hydrogen) atoms. The van der Waals surface area contributed by atoms with Crippen LogP contribution in [0.5, 0.6) is 0 Å². The van der Waals surface area contributed by atoms with Gasteiger partial charge in [-0.2, -0.15) is 0 Å². The van der Waals surface area contributed by atoms with Crippen LogP contribution in [0.25, 0.3) is 0 Å². The van der Waals surface area contributed by atoms with Gasteiger partial charge in [0.1, 0.15) is 6.04 Å². The molecule has 0 bridgehead atoms. The molecule has 0 saturated heterocycles. The van der Waals surface area contributed by atoms with Crippen molar-refractivity contribution >= 4 is 28.9 Å². The van der Waals surface area contributed by atoms with Crippen molar-refractivity contribution in [1.82, 2.24) is 10.4 Å².